The number of carbonyl (C=O) groups excluding carboxylic acids is 1. The second kappa shape index (κ2) is 6.47. The second-order valence-electron chi connectivity index (χ2n) is 3.49. The van der Waals surface area contributed by atoms with E-state index in [0.29, 0.717) is 19.4 Å². The van der Waals surface area contributed by atoms with Crippen molar-refractivity contribution in [3.8, 4) is 0 Å². The predicted molar refractivity (Wildman–Crippen MR) is 64.6 cm³/mol. The summed E-state index contributed by atoms with van der Waals surface area (Å²) >= 11 is 0. The number of carbonyl (C=O) groups is 1. The normalized spacial score (nSPS) is 9.71. The summed E-state index contributed by atoms with van der Waals surface area (Å²) in [4.78, 5) is 11.3. The van der Waals surface area contributed by atoms with E-state index in [-0.39, 0.29) is 11.5 Å². The molecule has 2 amide bonds. The number of urea groups is 1. The van der Waals surface area contributed by atoms with Crippen LogP contribution in [0.1, 0.15) is 12.8 Å². The first-order valence-electron chi connectivity index (χ1n) is 5.22. The Hall–Kier alpha value is -2.11. The van der Waals surface area contributed by atoms with Crippen molar-refractivity contribution in [3.63, 3.8) is 0 Å². The van der Waals surface area contributed by atoms with Crippen LogP contribution in [0.4, 0.5) is 14.9 Å². The summed E-state index contributed by atoms with van der Waals surface area (Å²) in [7, 11) is 0. The van der Waals surface area contributed by atoms with Crippen LogP contribution in [0.25, 0.3) is 0 Å². The Kier molecular flexibility index (Phi) is 4.93. The molecule has 0 heterocycles. The van der Waals surface area contributed by atoms with Crippen LogP contribution < -0.4 is 16.4 Å². The zero-order valence-electron chi connectivity index (χ0n) is 9.29. The first-order chi connectivity index (χ1) is 8.09. The molecule has 5 nitrogen and oxygen atoms in total. The molecule has 6 heteroatoms. The Labute approximate surface area is 98.7 Å². The van der Waals surface area contributed by atoms with E-state index in [2.05, 4.69) is 10.6 Å². The van der Waals surface area contributed by atoms with Crippen LogP contribution >= 0.6 is 0 Å². The van der Waals surface area contributed by atoms with Crippen LogP contribution in [0.15, 0.2) is 24.3 Å². The summed E-state index contributed by atoms with van der Waals surface area (Å²) < 4.78 is 13.2. The van der Waals surface area contributed by atoms with Gasteiger partial charge in [-0.1, -0.05) is 12.1 Å². The second-order valence-corrected chi connectivity index (χ2v) is 3.49. The molecule has 0 aromatic heterocycles. The lowest BCUT2D eigenvalue weighted by atomic mass is 10.3. The van der Waals surface area contributed by atoms with Crippen LogP contribution in [0.5, 0.6) is 0 Å². The maximum atomic E-state index is 13.2. The van der Waals surface area contributed by atoms with E-state index in [4.69, 9.17) is 11.1 Å². The Balaban J connectivity index is 2.30. The zero-order chi connectivity index (χ0) is 12.7. The van der Waals surface area contributed by atoms with Crippen molar-refractivity contribution in [2.75, 3.05) is 11.9 Å². The highest BCUT2D eigenvalue weighted by Crippen LogP contribution is 2.11. The Morgan fingerprint density at radius 1 is 1.41 bits per heavy atom. The van der Waals surface area contributed by atoms with Gasteiger partial charge in [-0.05, 0) is 18.6 Å². The number of amidine groups is 1. The Morgan fingerprint density at radius 3 is 2.76 bits per heavy atom. The summed E-state index contributed by atoms with van der Waals surface area (Å²) in [5.74, 6) is -0.396. The van der Waals surface area contributed by atoms with Crippen molar-refractivity contribution in [1.82, 2.24) is 5.32 Å². The lowest BCUT2D eigenvalue weighted by Crippen LogP contribution is -2.30. The average Bonchev–Trinajstić information content (AvgIpc) is 2.27. The number of nitrogens with two attached hydrogens (primary N) is 1. The van der Waals surface area contributed by atoms with Crippen LogP contribution in [0.3, 0.4) is 0 Å². The third kappa shape index (κ3) is 4.96. The molecular formula is C11H15FN4O. The summed E-state index contributed by atoms with van der Waals surface area (Å²) in [5, 5.41) is 11.9. The van der Waals surface area contributed by atoms with Crippen molar-refractivity contribution in [1.29, 1.82) is 5.41 Å². The van der Waals surface area contributed by atoms with Crippen molar-refractivity contribution in [2.24, 2.45) is 5.73 Å². The molecule has 92 valence electrons. The van der Waals surface area contributed by atoms with E-state index in [1.165, 1.54) is 12.1 Å². The molecule has 0 aliphatic carbocycles. The molecular weight excluding hydrogens is 223 g/mol. The van der Waals surface area contributed by atoms with E-state index in [9.17, 15) is 9.18 Å². The van der Waals surface area contributed by atoms with E-state index in [1.807, 2.05) is 0 Å². The van der Waals surface area contributed by atoms with Gasteiger partial charge in [0.25, 0.3) is 0 Å². The van der Waals surface area contributed by atoms with Crippen LogP contribution in [-0.2, 0) is 0 Å². The van der Waals surface area contributed by atoms with Gasteiger partial charge in [0.1, 0.15) is 5.82 Å². The molecule has 0 atom stereocenters. The molecule has 0 spiro atoms. The summed E-state index contributed by atoms with van der Waals surface area (Å²) in [6, 6.07) is 5.45. The maximum Gasteiger partial charge on any atom is 0.319 e. The van der Waals surface area contributed by atoms with E-state index in [1.54, 1.807) is 12.1 Å². The quantitative estimate of drug-likeness (QED) is 0.357. The first kappa shape index (κ1) is 13.0. The van der Waals surface area contributed by atoms with Crippen molar-refractivity contribution < 1.29 is 9.18 Å². The highest BCUT2D eigenvalue weighted by atomic mass is 19.1. The SMILES string of the molecule is N=C(N)CCCNC(=O)Nc1ccccc1F. The van der Waals surface area contributed by atoms with Gasteiger partial charge in [0.2, 0.25) is 0 Å². The lowest BCUT2D eigenvalue weighted by molar-refractivity contribution is 0.252. The molecule has 1 aromatic carbocycles. The molecule has 0 aliphatic rings. The molecule has 0 saturated heterocycles. The number of benzene rings is 1. The molecule has 0 fully saturated rings. The maximum absolute atomic E-state index is 13.2. The summed E-state index contributed by atoms with van der Waals surface area (Å²) in [6.07, 6.45) is 1.01. The van der Waals surface area contributed by atoms with Crippen molar-refractivity contribution >= 4 is 17.6 Å². The van der Waals surface area contributed by atoms with Crippen molar-refractivity contribution in [3.05, 3.63) is 30.1 Å². The van der Waals surface area contributed by atoms with Gasteiger partial charge in [0.15, 0.2) is 0 Å². The van der Waals surface area contributed by atoms with Crippen LogP contribution in [0, 0.1) is 11.2 Å². The van der Waals surface area contributed by atoms with Gasteiger partial charge in [-0.15, -0.1) is 0 Å². The number of nitrogens with one attached hydrogen (secondary N) is 3. The number of anilines is 1. The fourth-order valence-electron chi connectivity index (χ4n) is 1.21. The zero-order valence-corrected chi connectivity index (χ0v) is 9.29. The average molecular weight is 238 g/mol. The highest BCUT2D eigenvalue weighted by molar-refractivity contribution is 5.89. The molecule has 0 unspecified atom stereocenters. The van der Waals surface area contributed by atoms with Crippen LogP contribution in [0.2, 0.25) is 0 Å². The molecule has 1 aromatic rings. The predicted octanol–water partition coefficient (Wildman–Crippen LogP) is 1.66. The minimum atomic E-state index is -0.480. The largest absolute Gasteiger partial charge is 0.388 e. The third-order valence-corrected chi connectivity index (χ3v) is 2.03. The Morgan fingerprint density at radius 2 is 2.12 bits per heavy atom. The highest BCUT2D eigenvalue weighted by Gasteiger charge is 2.04. The standard InChI is InChI=1S/C11H15FN4O/c12-8-4-1-2-5-9(8)16-11(17)15-7-3-6-10(13)14/h1-2,4-5H,3,6-7H2,(H3,13,14)(H2,15,16,17). The summed E-state index contributed by atoms with van der Waals surface area (Å²) in [5.41, 5.74) is 5.29. The lowest BCUT2D eigenvalue weighted by Gasteiger charge is -2.07. The van der Waals surface area contributed by atoms with Gasteiger partial charge < -0.3 is 16.4 Å². The number of amides is 2. The third-order valence-electron chi connectivity index (χ3n) is 2.03. The minimum Gasteiger partial charge on any atom is -0.388 e. The smallest absolute Gasteiger partial charge is 0.319 e. The molecule has 17 heavy (non-hydrogen) atoms. The molecule has 0 aliphatic heterocycles. The molecule has 0 bridgehead atoms. The van der Waals surface area contributed by atoms with E-state index in [0.717, 1.165) is 0 Å². The number of para-hydroxylation sites is 1. The van der Waals surface area contributed by atoms with E-state index >= 15 is 0 Å². The molecule has 1 rings (SSSR count). The number of halogens is 1. The van der Waals surface area contributed by atoms with Gasteiger partial charge in [0.05, 0.1) is 11.5 Å². The minimum absolute atomic E-state index is 0.0845. The van der Waals surface area contributed by atoms with Gasteiger partial charge in [-0.3, -0.25) is 5.41 Å². The monoisotopic (exact) mass is 238 g/mol. The van der Waals surface area contributed by atoms with Crippen molar-refractivity contribution in [2.45, 2.75) is 12.8 Å². The topological polar surface area (TPSA) is 91.0 Å². The molecule has 0 radical (unpaired) electrons. The molecule has 5 N–H and O–H groups in total. The first-order valence-corrected chi connectivity index (χ1v) is 5.22. The fourth-order valence-corrected chi connectivity index (χ4v) is 1.21. The number of hydrogen-bond acceptors (Lipinski definition) is 2. The Bertz CT molecular complexity index is 408. The van der Waals surface area contributed by atoms with Gasteiger partial charge in [-0.25, -0.2) is 9.18 Å². The fraction of sp³-hybridized carbons (Fsp3) is 0.273. The number of rotatable bonds is 5. The molecule has 0 saturated carbocycles. The number of hydrogen-bond donors (Lipinski definition) is 4. The summed E-state index contributed by atoms with van der Waals surface area (Å²) in [6.45, 7) is 0.389. The van der Waals surface area contributed by atoms with E-state index < -0.39 is 11.8 Å². The van der Waals surface area contributed by atoms with Gasteiger partial charge >= 0.3 is 6.03 Å². The van der Waals surface area contributed by atoms with Gasteiger partial charge in [0, 0.05) is 13.0 Å². The van der Waals surface area contributed by atoms with Gasteiger partial charge in [-0.2, -0.15) is 0 Å². The van der Waals surface area contributed by atoms with Crippen LogP contribution in [-0.4, -0.2) is 18.4 Å².